The zero-order valence-electron chi connectivity index (χ0n) is 6.10. The van der Waals surface area contributed by atoms with Crippen LogP contribution in [0.5, 0.6) is 0 Å². The van der Waals surface area contributed by atoms with Crippen molar-refractivity contribution in [2.75, 3.05) is 11.5 Å². The third kappa shape index (κ3) is 2.17. The number of benzene rings is 1. The summed E-state index contributed by atoms with van der Waals surface area (Å²) in [5, 5.41) is 0.517. The fourth-order valence-electron chi connectivity index (χ4n) is 0.719. The Kier molecular flexibility index (Phi) is 3.49. The number of halogens is 2. The normalized spacial score (nSPS) is 8.91. The predicted octanol–water partition coefficient (Wildman–Crippen LogP) is 2.23. The minimum atomic E-state index is 0. The van der Waals surface area contributed by atoms with Crippen LogP contribution in [-0.2, 0) is 0 Å². The van der Waals surface area contributed by atoms with Crippen LogP contribution in [0.25, 0.3) is 0 Å². The molecule has 0 heterocycles. The molecule has 11 heavy (non-hydrogen) atoms. The van der Waals surface area contributed by atoms with E-state index in [4.69, 9.17) is 23.1 Å². The van der Waals surface area contributed by atoms with Gasteiger partial charge in [-0.05, 0) is 24.6 Å². The number of rotatable bonds is 0. The van der Waals surface area contributed by atoms with Crippen LogP contribution >= 0.6 is 24.0 Å². The van der Waals surface area contributed by atoms with Gasteiger partial charge in [0.25, 0.3) is 0 Å². The van der Waals surface area contributed by atoms with E-state index in [0.717, 1.165) is 5.56 Å². The van der Waals surface area contributed by atoms with E-state index < -0.39 is 0 Å². The molecule has 0 fully saturated rings. The zero-order valence-corrected chi connectivity index (χ0v) is 7.67. The van der Waals surface area contributed by atoms with Gasteiger partial charge in [-0.25, -0.2) is 0 Å². The van der Waals surface area contributed by atoms with Crippen LogP contribution in [0.4, 0.5) is 11.4 Å². The lowest BCUT2D eigenvalue weighted by atomic mass is 10.2. The molecule has 0 radical (unpaired) electrons. The van der Waals surface area contributed by atoms with Crippen molar-refractivity contribution in [3.8, 4) is 0 Å². The van der Waals surface area contributed by atoms with Crippen molar-refractivity contribution in [1.29, 1.82) is 0 Å². The maximum absolute atomic E-state index is 5.68. The smallest absolute Gasteiger partial charge is 0.0656 e. The Morgan fingerprint density at radius 3 is 2.18 bits per heavy atom. The van der Waals surface area contributed by atoms with E-state index in [9.17, 15) is 0 Å². The van der Waals surface area contributed by atoms with E-state index in [-0.39, 0.29) is 12.4 Å². The van der Waals surface area contributed by atoms with Crippen molar-refractivity contribution in [2.45, 2.75) is 6.92 Å². The van der Waals surface area contributed by atoms with Gasteiger partial charge < -0.3 is 11.5 Å². The standard InChI is InChI=1S/C7H9ClN2.ClH/c1-4-2-7(10)5(8)3-6(4)9;/h2-3H,9-10H2,1H3;1H. The summed E-state index contributed by atoms with van der Waals surface area (Å²) >= 11 is 5.68. The Labute approximate surface area is 76.9 Å². The maximum Gasteiger partial charge on any atom is 0.0656 e. The van der Waals surface area contributed by atoms with Crippen molar-refractivity contribution in [2.24, 2.45) is 0 Å². The highest BCUT2D eigenvalue weighted by molar-refractivity contribution is 6.33. The fourth-order valence-corrected chi connectivity index (χ4v) is 0.891. The van der Waals surface area contributed by atoms with E-state index >= 15 is 0 Å². The highest BCUT2D eigenvalue weighted by Gasteiger charge is 1.98. The Morgan fingerprint density at radius 2 is 1.73 bits per heavy atom. The lowest BCUT2D eigenvalue weighted by molar-refractivity contribution is 1.47. The van der Waals surface area contributed by atoms with Gasteiger partial charge in [0, 0.05) is 5.69 Å². The van der Waals surface area contributed by atoms with Gasteiger partial charge in [0.2, 0.25) is 0 Å². The van der Waals surface area contributed by atoms with E-state index in [1.807, 2.05) is 6.92 Å². The topological polar surface area (TPSA) is 52.0 Å². The largest absolute Gasteiger partial charge is 0.398 e. The van der Waals surface area contributed by atoms with Crippen molar-refractivity contribution in [3.63, 3.8) is 0 Å². The molecule has 0 saturated carbocycles. The minimum absolute atomic E-state index is 0. The number of hydrogen-bond acceptors (Lipinski definition) is 2. The summed E-state index contributed by atoms with van der Waals surface area (Å²) < 4.78 is 0. The molecule has 1 aromatic rings. The molecule has 0 bridgehead atoms. The number of anilines is 2. The number of aryl methyl sites for hydroxylation is 1. The molecule has 0 aliphatic rings. The first-order chi connectivity index (χ1) is 4.61. The van der Waals surface area contributed by atoms with Crippen molar-refractivity contribution < 1.29 is 0 Å². The SMILES string of the molecule is Cc1cc(N)c(Cl)cc1N.Cl. The molecule has 62 valence electrons. The van der Waals surface area contributed by atoms with Gasteiger partial charge in [-0.15, -0.1) is 12.4 Å². The molecule has 0 aliphatic carbocycles. The summed E-state index contributed by atoms with van der Waals surface area (Å²) in [6.45, 7) is 1.89. The Balaban J connectivity index is 0.000001000. The second-order valence-electron chi connectivity index (χ2n) is 2.23. The quantitative estimate of drug-likeness (QED) is 0.620. The molecule has 0 aromatic heterocycles. The van der Waals surface area contributed by atoms with Gasteiger partial charge in [-0.2, -0.15) is 0 Å². The Hall–Kier alpha value is -0.600. The summed E-state index contributed by atoms with van der Waals surface area (Å²) in [5.41, 5.74) is 13.3. The molecule has 4 heteroatoms. The number of nitrogens with two attached hydrogens (primary N) is 2. The summed E-state index contributed by atoms with van der Waals surface area (Å²) in [5.74, 6) is 0. The lowest BCUT2D eigenvalue weighted by Gasteiger charge is -2.02. The van der Waals surface area contributed by atoms with Gasteiger partial charge in [0.15, 0.2) is 0 Å². The van der Waals surface area contributed by atoms with Gasteiger partial charge in [0.05, 0.1) is 10.7 Å². The van der Waals surface area contributed by atoms with Crippen LogP contribution in [0.2, 0.25) is 5.02 Å². The van der Waals surface area contributed by atoms with Gasteiger partial charge >= 0.3 is 0 Å². The summed E-state index contributed by atoms with van der Waals surface area (Å²) in [7, 11) is 0. The lowest BCUT2D eigenvalue weighted by Crippen LogP contribution is -1.93. The van der Waals surface area contributed by atoms with Crippen LogP contribution in [0.15, 0.2) is 12.1 Å². The van der Waals surface area contributed by atoms with Crippen LogP contribution in [0, 0.1) is 6.92 Å². The first kappa shape index (κ1) is 10.4. The predicted molar refractivity (Wildman–Crippen MR) is 52.3 cm³/mol. The molecule has 0 aliphatic heterocycles. The molecule has 0 amide bonds. The maximum atomic E-state index is 5.68. The highest BCUT2D eigenvalue weighted by Crippen LogP contribution is 2.24. The van der Waals surface area contributed by atoms with Gasteiger partial charge in [0.1, 0.15) is 0 Å². The molecule has 0 atom stereocenters. The van der Waals surface area contributed by atoms with Crippen molar-refractivity contribution in [3.05, 3.63) is 22.7 Å². The average molecular weight is 193 g/mol. The average Bonchev–Trinajstić information content (AvgIpc) is 1.84. The molecule has 1 aromatic carbocycles. The van der Waals surface area contributed by atoms with Crippen LogP contribution < -0.4 is 11.5 Å². The summed E-state index contributed by atoms with van der Waals surface area (Å²) in [6.07, 6.45) is 0. The molecule has 0 unspecified atom stereocenters. The Morgan fingerprint density at radius 1 is 1.18 bits per heavy atom. The van der Waals surface area contributed by atoms with E-state index in [2.05, 4.69) is 0 Å². The van der Waals surface area contributed by atoms with Crippen LogP contribution in [0.1, 0.15) is 5.56 Å². The third-order valence-corrected chi connectivity index (χ3v) is 1.71. The summed E-state index contributed by atoms with van der Waals surface area (Å²) in [4.78, 5) is 0. The summed E-state index contributed by atoms with van der Waals surface area (Å²) in [6, 6.07) is 3.42. The molecule has 0 spiro atoms. The second kappa shape index (κ2) is 3.69. The third-order valence-electron chi connectivity index (χ3n) is 1.39. The number of nitrogen functional groups attached to an aromatic ring is 2. The van der Waals surface area contributed by atoms with E-state index in [1.165, 1.54) is 0 Å². The first-order valence-corrected chi connectivity index (χ1v) is 3.30. The van der Waals surface area contributed by atoms with Crippen LogP contribution in [-0.4, -0.2) is 0 Å². The van der Waals surface area contributed by atoms with Gasteiger partial charge in [-0.3, -0.25) is 0 Å². The molecule has 2 nitrogen and oxygen atoms in total. The molecular weight excluding hydrogens is 183 g/mol. The molecule has 0 saturated heterocycles. The van der Waals surface area contributed by atoms with Gasteiger partial charge in [-0.1, -0.05) is 11.6 Å². The van der Waals surface area contributed by atoms with E-state index in [0.29, 0.717) is 16.4 Å². The number of hydrogen-bond donors (Lipinski definition) is 2. The molecular formula is C7H10Cl2N2. The van der Waals surface area contributed by atoms with Crippen LogP contribution in [0.3, 0.4) is 0 Å². The second-order valence-corrected chi connectivity index (χ2v) is 2.64. The monoisotopic (exact) mass is 192 g/mol. The fraction of sp³-hybridized carbons (Fsp3) is 0.143. The van der Waals surface area contributed by atoms with Crippen molar-refractivity contribution >= 4 is 35.4 Å². The zero-order chi connectivity index (χ0) is 7.72. The first-order valence-electron chi connectivity index (χ1n) is 2.92. The Bertz CT molecular complexity index is 211. The molecule has 1 rings (SSSR count). The van der Waals surface area contributed by atoms with Crippen molar-refractivity contribution in [1.82, 2.24) is 0 Å². The minimum Gasteiger partial charge on any atom is -0.398 e. The molecule has 4 N–H and O–H groups in total. The van der Waals surface area contributed by atoms with E-state index in [1.54, 1.807) is 12.1 Å². The highest BCUT2D eigenvalue weighted by atomic mass is 35.5.